The second kappa shape index (κ2) is 7.98. The number of anilines is 4. The number of H-pyrrole nitrogens is 1. The van der Waals surface area contributed by atoms with E-state index in [1.807, 2.05) is 36.2 Å². The maximum atomic E-state index is 13.4. The SMILES string of the molecule is C[C@@]1(C(=O)Nc2cccnc2Cl)CCCN1c1nc(Nc2cc(C3CC3)[nH]n2)c2cccn2n1. The summed E-state index contributed by atoms with van der Waals surface area (Å²) >= 11 is 6.17. The number of carbonyl (C=O) groups is 1. The van der Waals surface area contributed by atoms with Crippen LogP contribution in [0, 0.1) is 0 Å². The number of fused-ring (bicyclic) bond motifs is 1. The molecule has 34 heavy (non-hydrogen) atoms. The van der Waals surface area contributed by atoms with Gasteiger partial charge in [-0.1, -0.05) is 11.6 Å². The van der Waals surface area contributed by atoms with Gasteiger partial charge in [0.15, 0.2) is 16.8 Å². The topological polar surface area (TPSA) is 116 Å². The van der Waals surface area contributed by atoms with Crippen LogP contribution in [0.4, 0.5) is 23.3 Å². The molecule has 4 aromatic rings. The van der Waals surface area contributed by atoms with E-state index in [0.29, 0.717) is 42.2 Å². The quantitative estimate of drug-likeness (QED) is 0.358. The zero-order valence-corrected chi connectivity index (χ0v) is 19.4. The van der Waals surface area contributed by atoms with Crippen molar-refractivity contribution in [3.63, 3.8) is 0 Å². The molecule has 6 rings (SSSR count). The van der Waals surface area contributed by atoms with Crippen LogP contribution < -0.4 is 15.5 Å². The summed E-state index contributed by atoms with van der Waals surface area (Å²) in [5.41, 5.74) is 1.60. The summed E-state index contributed by atoms with van der Waals surface area (Å²) in [6.07, 6.45) is 7.35. The Kier molecular flexibility index (Phi) is 4.91. The molecule has 1 aliphatic heterocycles. The van der Waals surface area contributed by atoms with Gasteiger partial charge in [-0.25, -0.2) is 9.50 Å². The first-order chi connectivity index (χ1) is 16.5. The lowest BCUT2D eigenvalue weighted by molar-refractivity contribution is -0.120. The highest BCUT2D eigenvalue weighted by atomic mass is 35.5. The van der Waals surface area contributed by atoms with Gasteiger partial charge in [-0.2, -0.15) is 10.1 Å². The van der Waals surface area contributed by atoms with Gasteiger partial charge in [0.1, 0.15) is 11.1 Å². The lowest BCUT2D eigenvalue weighted by atomic mass is 9.97. The molecule has 1 amide bonds. The lowest BCUT2D eigenvalue weighted by Crippen LogP contribution is -2.51. The predicted octanol–water partition coefficient (Wildman–Crippen LogP) is 4.12. The highest BCUT2D eigenvalue weighted by molar-refractivity contribution is 6.32. The maximum Gasteiger partial charge on any atom is 0.250 e. The Labute approximate surface area is 200 Å². The molecule has 0 radical (unpaired) electrons. The summed E-state index contributed by atoms with van der Waals surface area (Å²) in [6.45, 7) is 2.57. The summed E-state index contributed by atoms with van der Waals surface area (Å²) in [5, 5.41) is 18.7. The van der Waals surface area contributed by atoms with E-state index in [9.17, 15) is 4.79 Å². The smallest absolute Gasteiger partial charge is 0.250 e. The third-order valence-electron chi connectivity index (χ3n) is 6.62. The number of nitrogens with zero attached hydrogens (tertiary/aromatic N) is 6. The van der Waals surface area contributed by atoms with E-state index in [1.165, 1.54) is 12.8 Å². The van der Waals surface area contributed by atoms with Crippen LogP contribution in [0.2, 0.25) is 5.15 Å². The highest BCUT2D eigenvalue weighted by Gasteiger charge is 2.45. The molecule has 10 nitrogen and oxygen atoms in total. The minimum absolute atomic E-state index is 0.174. The standard InChI is InChI=1S/C23H24ClN9O/c1-23(21(34)26-15-5-2-10-25-19(15)24)9-4-11-32(23)22-28-20(17-6-3-12-33(17)31-22)27-18-13-16(29-30-18)14-7-8-14/h2-3,5-6,10,12-14H,4,7-9,11H2,1H3,(H,26,34)(H2,27,28,29,30,31)/t23-/m0/s1. The van der Waals surface area contributed by atoms with Crippen molar-refractivity contribution in [2.45, 2.75) is 44.1 Å². The summed E-state index contributed by atoms with van der Waals surface area (Å²) in [5.74, 6) is 2.22. The van der Waals surface area contributed by atoms with E-state index < -0.39 is 5.54 Å². The number of hydrogen-bond acceptors (Lipinski definition) is 7. The average Bonchev–Trinajstić information content (AvgIpc) is 3.20. The molecule has 0 unspecified atom stereocenters. The molecule has 0 bridgehead atoms. The Morgan fingerprint density at radius 3 is 3.00 bits per heavy atom. The van der Waals surface area contributed by atoms with Crippen LogP contribution in [0.1, 0.15) is 44.2 Å². The number of halogens is 1. The zero-order valence-electron chi connectivity index (χ0n) is 18.6. The van der Waals surface area contributed by atoms with Crippen molar-refractivity contribution in [3.05, 3.63) is 53.6 Å². The van der Waals surface area contributed by atoms with Gasteiger partial charge in [0, 0.05) is 36.6 Å². The van der Waals surface area contributed by atoms with Crippen molar-refractivity contribution < 1.29 is 4.79 Å². The van der Waals surface area contributed by atoms with E-state index in [-0.39, 0.29) is 11.1 Å². The van der Waals surface area contributed by atoms with Crippen LogP contribution >= 0.6 is 11.6 Å². The number of nitrogens with one attached hydrogen (secondary N) is 3. The monoisotopic (exact) mass is 477 g/mol. The lowest BCUT2D eigenvalue weighted by Gasteiger charge is -2.34. The predicted molar refractivity (Wildman–Crippen MR) is 130 cm³/mol. The Hall–Kier alpha value is -3.66. The normalized spacial score (nSPS) is 20.1. The van der Waals surface area contributed by atoms with Crippen molar-refractivity contribution in [1.29, 1.82) is 0 Å². The third kappa shape index (κ3) is 3.63. The first-order valence-corrected chi connectivity index (χ1v) is 11.8. The molecule has 1 saturated carbocycles. The zero-order chi connectivity index (χ0) is 23.3. The molecule has 3 N–H and O–H groups in total. The molecule has 2 aliphatic rings. The van der Waals surface area contributed by atoms with Gasteiger partial charge in [0.25, 0.3) is 0 Å². The molecule has 11 heteroatoms. The average molecular weight is 478 g/mol. The molecule has 2 fully saturated rings. The fourth-order valence-electron chi connectivity index (χ4n) is 4.51. The van der Waals surface area contributed by atoms with Gasteiger partial charge in [0.2, 0.25) is 11.9 Å². The van der Waals surface area contributed by atoms with Crippen molar-refractivity contribution in [3.8, 4) is 0 Å². The number of aromatic amines is 1. The minimum atomic E-state index is -0.844. The number of hydrogen-bond donors (Lipinski definition) is 3. The van der Waals surface area contributed by atoms with Gasteiger partial charge >= 0.3 is 0 Å². The van der Waals surface area contributed by atoms with Crippen molar-refractivity contribution >= 4 is 46.3 Å². The highest BCUT2D eigenvalue weighted by Crippen LogP contribution is 2.40. The largest absolute Gasteiger partial charge is 0.325 e. The number of amides is 1. The molecule has 4 aromatic heterocycles. The number of pyridine rings is 1. The van der Waals surface area contributed by atoms with Crippen molar-refractivity contribution in [2.75, 3.05) is 22.1 Å². The molecule has 174 valence electrons. The molecular formula is C23H24ClN9O. The summed E-state index contributed by atoms with van der Waals surface area (Å²) in [7, 11) is 0. The minimum Gasteiger partial charge on any atom is -0.325 e. The second-order valence-electron chi connectivity index (χ2n) is 9.03. The van der Waals surface area contributed by atoms with Gasteiger partial charge in [0.05, 0.1) is 5.69 Å². The second-order valence-corrected chi connectivity index (χ2v) is 9.39. The fourth-order valence-corrected chi connectivity index (χ4v) is 4.68. The Morgan fingerprint density at radius 2 is 2.18 bits per heavy atom. The number of rotatable bonds is 6. The Morgan fingerprint density at radius 1 is 1.29 bits per heavy atom. The fraction of sp³-hybridized carbons (Fsp3) is 0.348. The van der Waals surface area contributed by atoms with Crippen molar-refractivity contribution in [2.24, 2.45) is 0 Å². The van der Waals surface area contributed by atoms with Crippen LogP contribution in [0.15, 0.2) is 42.7 Å². The van der Waals surface area contributed by atoms with Gasteiger partial charge in [-0.15, -0.1) is 5.10 Å². The third-order valence-corrected chi connectivity index (χ3v) is 6.92. The van der Waals surface area contributed by atoms with E-state index >= 15 is 0 Å². The Balaban J connectivity index is 1.32. The van der Waals surface area contributed by atoms with Crippen LogP contribution in [0.25, 0.3) is 5.52 Å². The molecule has 1 aliphatic carbocycles. The van der Waals surface area contributed by atoms with Gasteiger partial charge < -0.3 is 15.5 Å². The first kappa shape index (κ1) is 20.9. The summed E-state index contributed by atoms with van der Waals surface area (Å²) in [4.78, 5) is 24.2. The van der Waals surface area contributed by atoms with Crippen LogP contribution in [0.3, 0.4) is 0 Å². The maximum absolute atomic E-state index is 13.4. The first-order valence-electron chi connectivity index (χ1n) is 11.4. The summed E-state index contributed by atoms with van der Waals surface area (Å²) in [6, 6.07) is 9.37. The summed E-state index contributed by atoms with van der Waals surface area (Å²) < 4.78 is 1.77. The molecule has 1 saturated heterocycles. The van der Waals surface area contributed by atoms with Crippen molar-refractivity contribution in [1.82, 2.24) is 29.8 Å². The molecule has 0 spiro atoms. The van der Waals surface area contributed by atoms with Crippen LogP contribution in [0.5, 0.6) is 0 Å². The molecular weight excluding hydrogens is 454 g/mol. The van der Waals surface area contributed by atoms with Gasteiger partial charge in [-0.3, -0.25) is 9.89 Å². The van der Waals surface area contributed by atoms with E-state index in [2.05, 4.69) is 25.8 Å². The van der Waals surface area contributed by atoms with Crippen LogP contribution in [-0.2, 0) is 4.79 Å². The van der Waals surface area contributed by atoms with Gasteiger partial charge in [-0.05, 0) is 56.9 Å². The van der Waals surface area contributed by atoms with E-state index in [0.717, 1.165) is 17.6 Å². The number of aromatic nitrogens is 6. The Bertz CT molecular complexity index is 1380. The number of carbonyl (C=O) groups excluding carboxylic acids is 1. The molecule has 5 heterocycles. The van der Waals surface area contributed by atoms with E-state index in [1.54, 1.807) is 22.8 Å². The van der Waals surface area contributed by atoms with Crippen LogP contribution in [-0.4, -0.2) is 47.8 Å². The molecule has 0 aromatic carbocycles. The molecule has 1 atom stereocenters. The van der Waals surface area contributed by atoms with E-state index in [4.69, 9.17) is 21.7 Å².